The van der Waals surface area contributed by atoms with E-state index < -0.39 is 0 Å². The van der Waals surface area contributed by atoms with Gasteiger partial charge in [0, 0.05) is 38.2 Å². The summed E-state index contributed by atoms with van der Waals surface area (Å²) >= 11 is 0. The molecule has 3 heterocycles. The van der Waals surface area contributed by atoms with Gasteiger partial charge in [-0.2, -0.15) is 0 Å². The summed E-state index contributed by atoms with van der Waals surface area (Å²) in [5.74, 6) is 0.476. The Balaban J connectivity index is 1.65. The Hall–Kier alpha value is -2.50. The van der Waals surface area contributed by atoms with Crippen molar-refractivity contribution in [3.63, 3.8) is 0 Å². The SMILES string of the molecule is O=C(NCc1ccncc1)c1ccnc(N2CCCCCC2)n1. The summed E-state index contributed by atoms with van der Waals surface area (Å²) in [6, 6.07) is 5.41. The van der Waals surface area contributed by atoms with Crippen LogP contribution in [0.25, 0.3) is 0 Å². The maximum atomic E-state index is 12.3. The van der Waals surface area contributed by atoms with Gasteiger partial charge in [-0.25, -0.2) is 9.97 Å². The van der Waals surface area contributed by atoms with Gasteiger partial charge in [-0.1, -0.05) is 12.8 Å². The van der Waals surface area contributed by atoms with E-state index >= 15 is 0 Å². The molecule has 1 saturated heterocycles. The van der Waals surface area contributed by atoms with Gasteiger partial charge in [-0.15, -0.1) is 0 Å². The van der Waals surface area contributed by atoms with Crippen LogP contribution in [0, 0.1) is 0 Å². The highest BCUT2D eigenvalue weighted by molar-refractivity contribution is 5.92. The summed E-state index contributed by atoms with van der Waals surface area (Å²) in [6.07, 6.45) is 9.90. The Morgan fingerprint density at radius 1 is 1.04 bits per heavy atom. The molecule has 0 aromatic carbocycles. The van der Waals surface area contributed by atoms with E-state index in [9.17, 15) is 4.79 Å². The van der Waals surface area contributed by atoms with E-state index in [4.69, 9.17) is 0 Å². The minimum absolute atomic E-state index is 0.180. The van der Waals surface area contributed by atoms with Crippen molar-refractivity contribution in [3.8, 4) is 0 Å². The molecule has 0 radical (unpaired) electrons. The van der Waals surface area contributed by atoms with Crippen LogP contribution in [0.15, 0.2) is 36.8 Å². The normalized spacial score (nSPS) is 15.0. The quantitative estimate of drug-likeness (QED) is 0.937. The number of hydrogen-bond acceptors (Lipinski definition) is 5. The van der Waals surface area contributed by atoms with Crippen LogP contribution in [-0.4, -0.2) is 33.9 Å². The molecule has 1 fully saturated rings. The summed E-state index contributed by atoms with van der Waals surface area (Å²) in [4.78, 5) is 27.2. The molecule has 0 unspecified atom stereocenters. The highest BCUT2D eigenvalue weighted by atomic mass is 16.1. The number of amides is 1. The van der Waals surface area contributed by atoms with Gasteiger partial charge in [0.2, 0.25) is 5.95 Å². The lowest BCUT2D eigenvalue weighted by Gasteiger charge is -2.20. The molecule has 1 amide bonds. The third-order valence-electron chi connectivity index (χ3n) is 3.97. The first kappa shape index (κ1) is 15.4. The smallest absolute Gasteiger partial charge is 0.270 e. The van der Waals surface area contributed by atoms with Crippen molar-refractivity contribution >= 4 is 11.9 Å². The van der Waals surface area contributed by atoms with Gasteiger partial charge in [0.05, 0.1) is 0 Å². The fraction of sp³-hybridized carbons (Fsp3) is 0.412. The maximum absolute atomic E-state index is 12.3. The van der Waals surface area contributed by atoms with Crippen LogP contribution in [0.5, 0.6) is 0 Å². The number of carbonyl (C=O) groups excluding carboxylic acids is 1. The molecule has 0 bridgehead atoms. The van der Waals surface area contributed by atoms with Crippen LogP contribution in [0.2, 0.25) is 0 Å². The van der Waals surface area contributed by atoms with Crippen LogP contribution in [-0.2, 0) is 6.54 Å². The Morgan fingerprint density at radius 2 is 1.78 bits per heavy atom. The first-order valence-corrected chi connectivity index (χ1v) is 8.08. The van der Waals surface area contributed by atoms with E-state index in [-0.39, 0.29) is 5.91 Å². The van der Waals surface area contributed by atoms with Gasteiger partial charge >= 0.3 is 0 Å². The molecule has 0 atom stereocenters. The van der Waals surface area contributed by atoms with Crippen molar-refractivity contribution in [1.82, 2.24) is 20.3 Å². The minimum Gasteiger partial charge on any atom is -0.347 e. The number of carbonyl (C=O) groups is 1. The predicted molar refractivity (Wildman–Crippen MR) is 88.1 cm³/mol. The molecule has 2 aromatic heterocycles. The van der Waals surface area contributed by atoms with Crippen molar-refractivity contribution in [2.24, 2.45) is 0 Å². The summed E-state index contributed by atoms with van der Waals surface area (Å²) in [6.45, 7) is 2.38. The van der Waals surface area contributed by atoms with Crippen molar-refractivity contribution in [2.45, 2.75) is 32.2 Å². The van der Waals surface area contributed by atoms with Crippen LogP contribution in [0.3, 0.4) is 0 Å². The fourth-order valence-electron chi connectivity index (χ4n) is 2.67. The highest BCUT2D eigenvalue weighted by Crippen LogP contribution is 2.15. The molecule has 6 heteroatoms. The Morgan fingerprint density at radius 3 is 2.52 bits per heavy atom. The molecule has 0 spiro atoms. The Bertz CT molecular complexity index is 638. The molecule has 0 saturated carbocycles. The average molecular weight is 311 g/mol. The monoisotopic (exact) mass is 311 g/mol. The first-order chi connectivity index (χ1) is 11.3. The zero-order chi connectivity index (χ0) is 15.9. The van der Waals surface area contributed by atoms with E-state index in [1.165, 1.54) is 12.8 Å². The second-order valence-corrected chi connectivity index (χ2v) is 5.68. The Labute approximate surface area is 136 Å². The summed E-state index contributed by atoms with van der Waals surface area (Å²) < 4.78 is 0. The summed E-state index contributed by atoms with van der Waals surface area (Å²) in [5, 5.41) is 2.88. The third kappa shape index (κ3) is 4.25. The predicted octanol–water partition coefficient (Wildman–Crippen LogP) is 2.18. The van der Waals surface area contributed by atoms with Crippen molar-refractivity contribution in [3.05, 3.63) is 48.0 Å². The van der Waals surface area contributed by atoms with Gasteiger partial charge in [0.15, 0.2) is 0 Å². The van der Waals surface area contributed by atoms with Crippen LogP contribution < -0.4 is 10.2 Å². The largest absolute Gasteiger partial charge is 0.347 e. The summed E-state index contributed by atoms with van der Waals surface area (Å²) in [5.41, 5.74) is 1.42. The van der Waals surface area contributed by atoms with E-state index in [0.29, 0.717) is 18.2 Å². The number of nitrogens with one attached hydrogen (secondary N) is 1. The molecular weight excluding hydrogens is 290 g/mol. The lowest BCUT2D eigenvalue weighted by Crippen LogP contribution is -2.28. The lowest BCUT2D eigenvalue weighted by atomic mass is 10.2. The minimum atomic E-state index is -0.180. The van der Waals surface area contributed by atoms with E-state index in [1.807, 2.05) is 12.1 Å². The topological polar surface area (TPSA) is 71.0 Å². The maximum Gasteiger partial charge on any atom is 0.270 e. The van der Waals surface area contributed by atoms with Crippen molar-refractivity contribution in [1.29, 1.82) is 0 Å². The zero-order valence-corrected chi connectivity index (χ0v) is 13.1. The van der Waals surface area contributed by atoms with E-state index in [1.54, 1.807) is 24.7 Å². The number of anilines is 1. The number of pyridine rings is 1. The molecule has 6 nitrogen and oxygen atoms in total. The number of hydrogen-bond donors (Lipinski definition) is 1. The molecule has 3 rings (SSSR count). The molecule has 0 aliphatic carbocycles. The van der Waals surface area contributed by atoms with Gasteiger partial charge in [-0.05, 0) is 36.6 Å². The van der Waals surface area contributed by atoms with Gasteiger partial charge < -0.3 is 10.2 Å². The Kier molecular flexibility index (Phi) is 5.13. The molecule has 120 valence electrons. The van der Waals surface area contributed by atoms with Crippen LogP contribution in [0.4, 0.5) is 5.95 Å². The van der Waals surface area contributed by atoms with E-state index in [0.717, 1.165) is 31.5 Å². The standard InChI is InChI=1S/C17H21N5O/c23-16(20-13-14-5-8-18-9-6-14)15-7-10-19-17(21-15)22-11-3-1-2-4-12-22/h5-10H,1-4,11-13H2,(H,20,23). The van der Waals surface area contributed by atoms with E-state index in [2.05, 4.69) is 25.2 Å². The lowest BCUT2D eigenvalue weighted by molar-refractivity contribution is 0.0946. The number of nitrogens with zero attached hydrogens (tertiary/aromatic N) is 4. The molecule has 2 aromatic rings. The fourth-order valence-corrected chi connectivity index (χ4v) is 2.67. The number of aromatic nitrogens is 3. The van der Waals surface area contributed by atoms with Crippen molar-refractivity contribution < 1.29 is 4.79 Å². The van der Waals surface area contributed by atoms with Crippen molar-refractivity contribution in [2.75, 3.05) is 18.0 Å². The van der Waals surface area contributed by atoms with Gasteiger partial charge in [0.25, 0.3) is 5.91 Å². The van der Waals surface area contributed by atoms with Gasteiger partial charge in [-0.3, -0.25) is 9.78 Å². The first-order valence-electron chi connectivity index (χ1n) is 8.08. The molecule has 1 N–H and O–H groups in total. The molecule has 1 aliphatic rings. The van der Waals surface area contributed by atoms with Gasteiger partial charge in [0.1, 0.15) is 5.69 Å². The highest BCUT2D eigenvalue weighted by Gasteiger charge is 2.15. The molecule has 1 aliphatic heterocycles. The molecular formula is C17H21N5O. The third-order valence-corrected chi connectivity index (χ3v) is 3.97. The number of rotatable bonds is 4. The second-order valence-electron chi connectivity index (χ2n) is 5.68. The zero-order valence-electron chi connectivity index (χ0n) is 13.1. The summed E-state index contributed by atoms with van der Waals surface area (Å²) in [7, 11) is 0. The molecule has 23 heavy (non-hydrogen) atoms. The second kappa shape index (κ2) is 7.67. The average Bonchev–Trinajstić information content (AvgIpc) is 2.90. The van der Waals surface area contributed by atoms with Crippen LogP contribution >= 0.6 is 0 Å². The van der Waals surface area contributed by atoms with Crippen LogP contribution in [0.1, 0.15) is 41.7 Å².